The Morgan fingerprint density at radius 1 is 1.21 bits per heavy atom. The third-order valence-corrected chi connectivity index (χ3v) is 3.35. The molecular formula is C17H14ClN5O. The molecule has 1 amide bonds. The molecule has 24 heavy (non-hydrogen) atoms. The number of rotatable bonds is 5. The predicted molar refractivity (Wildman–Crippen MR) is 92.5 cm³/mol. The van der Waals surface area contributed by atoms with Crippen molar-refractivity contribution in [2.24, 2.45) is 0 Å². The van der Waals surface area contributed by atoms with Crippen molar-refractivity contribution in [1.29, 1.82) is 0 Å². The third-order valence-electron chi connectivity index (χ3n) is 3.13. The van der Waals surface area contributed by atoms with Gasteiger partial charge in [-0.15, -0.1) is 5.10 Å². The van der Waals surface area contributed by atoms with Crippen LogP contribution in [0.25, 0.3) is 6.08 Å². The first-order valence-corrected chi connectivity index (χ1v) is 7.61. The molecule has 0 fully saturated rings. The Kier molecular flexibility index (Phi) is 4.98. The molecular weight excluding hydrogens is 326 g/mol. The van der Waals surface area contributed by atoms with E-state index in [1.165, 1.54) is 12.3 Å². The van der Waals surface area contributed by atoms with Gasteiger partial charge in [0.05, 0.1) is 17.8 Å². The van der Waals surface area contributed by atoms with E-state index in [1.54, 1.807) is 29.1 Å². The van der Waals surface area contributed by atoms with E-state index in [0.717, 1.165) is 5.56 Å². The Hall–Kier alpha value is -2.99. The van der Waals surface area contributed by atoms with Crippen LogP contribution in [0, 0.1) is 0 Å². The number of benzene rings is 1. The Morgan fingerprint density at radius 3 is 2.79 bits per heavy atom. The van der Waals surface area contributed by atoms with Crippen LogP contribution in [-0.4, -0.2) is 25.9 Å². The van der Waals surface area contributed by atoms with Gasteiger partial charge >= 0.3 is 0 Å². The second-order valence-corrected chi connectivity index (χ2v) is 5.45. The van der Waals surface area contributed by atoms with Gasteiger partial charge in [0.1, 0.15) is 11.5 Å². The van der Waals surface area contributed by atoms with Gasteiger partial charge in [-0.2, -0.15) is 0 Å². The second-order valence-electron chi connectivity index (χ2n) is 5.01. The summed E-state index contributed by atoms with van der Waals surface area (Å²) in [4.78, 5) is 15.8. The molecule has 0 radical (unpaired) electrons. The lowest BCUT2D eigenvalue weighted by atomic mass is 10.2. The topological polar surface area (TPSA) is 72.7 Å². The zero-order valence-corrected chi connectivity index (χ0v) is 13.4. The highest BCUT2D eigenvalue weighted by Gasteiger charge is 2.02. The predicted octanol–water partition coefficient (Wildman–Crippen LogP) is 3.03. The summed E-state index contributed by atoms with van der Waals surface area (Å²) in [5.74, 6) is 0.129. The molecule has 0 spiro atoms. The van der Waals surface area contributed by atoms with Crippen LogP contribution in [0.4, 0.5) is 5.82 Å². The van der Waals surface area contributed by atoms with Crippen LogP contribution in [0.2, 0.25) is 5.02 Å². The molecule has 0 saturated carbocycles. The molecule has 0 atom stereocenters. The fourth-order valence-corrected chi connectivity index (χ4v) is 2.13. The Morgan fingerprint density at radius 2 is 2.04 bits per heavy atom. The molecule has 0 saturated heterocycles. The van der Waals surface area contributed by atoms with Crippen molar-refractivity contribution in [1.82, 2.24) is 20.0 Å². The van der Waals surface area contributed by atoms with Gasteiger partial charge in [-0.3, -0.25) is 4.79 Å². The van der Waals surface area contributed by atoms with Crippen LogP contribution in [0.15, 0.2) is 60.9 Å². The van der Waals surface area contributed by atoms with Crippen molar-refractivity contribution in [3.8, 4) is 0 Å². The highest BCUT2D eigenvalue weighted by molar-refractivity contribution is 6.30. The number of hydrogen-bond acceptors (Lipinski definition) is 4. The zero-order valence-electron chi connectivity index (χ0n) is 12.6. The van der Waals surface area contributed by atoms with E-state index in [9.17, 15) is 4.79 Å². The molecule has 1 N–H and O–H groups in total. The maximum atomic E-state index is 11.8. The van der Waals surface area contributed by atoms with E-state index >= 15 is 0 Å². The van der Waals surface area contributed by atoms with Crippen molar-refractivity contribution in [2.75, 3.05) is 5.32 Å². The standard InChI is InChI=1S/C17H14ClN5O/c18-14-6-8-16(19-10-14)20-17(24)9-7-15-12-23(22-21-15)11-13-4-2-1-3-5-13/h1-10,12H,11H2,(H,19,20,24)/b9-7+. The molecule has 6 nitrogen and oxygen atoms in total. The lowest BCUT2D eigenvalue weighted by Gasteiger charge is -2.00. The van der Waals surface area contributed by atoms with Crippen LogP contribution in [0.3, 0.4) is 0 Å². The van der Waals surface area contributed by atoms with Crippen LogP contribution < -0.4 is 5.32 Å². The Balaban J connectivity index is 1.58. The third kappa shape index (κ3) is 4.50. The SMILES string of the molecule is O=C(/C=C/c1cn(Cc2ccccc2)nn1)Nc1ccc(Cl)cn1. The van der Waals surface area contributed by atoms with E-state index in [2.05, 4.69) is 20.6 Å². The highest BCUT2D eigenvalue weighted by Crippen LogP contribution is 2.09. The summed E-state index contributed by atoms with van der Waals surface area (Å²) in [7, 11) is 0. The lowest BCUT2D eigenvalue weighted by molar-refractivity contribution is -0.111. The summed E-state index contributed by atoms with van der Waals surface area (Å²) in [6, 6.07) is 13.2. The molecule has 1 aromatic carbocycles. The quantitative estimate of drug-likeness (QED) is 0.725. The molecule has 2 aromatic heterocycles. The minimum atomic E-state index is -0.303. The highest BCUT2D eigenvalue weighted by atomic mass is 35.5. The first-order chi connectivity index (χ1) is 11.7. The first-order valence-electron chi connectivity index (χ1n) is 7.24. The number of anilines is 1. The van der Waals surface area contributed by atoms with Gasteiger partial charge in [-0.25, -0.2) is 9.67 Å². The van der Waals surface area contributed by atoms with E-state index < -0.39 is 0 Å². The van der Waals surface area contributed by atoms with Gasteiger partial charge in [0.25, 0.3) is 0 Å². The number of nitrogens with one attached hydrogen (secondary N) is 1. The number of aromatic nitrogens is 4. The summed E-state index contributed by atoms with van der Waals surface area (Å²) < 4.78 is 1.72. The first kappa shape index (κ1) is 15.9. The van der Waals surface area contributed by atoms with E-state index in [4.69, 9.17) is 11.6 Å². The van der Waals surface area contributed by atoms with Gasteiger partial charge in [0.15, 0.2) is 0 Å². The molecule has 0 aliphatic carbocycles. The zero-order chi connectivity index (χ0) is 16.8. The van der Waals surface area contributed by atoms with Crippen molar-refractivity contribution < 1.29 is 4.79 Å². The summed E-state index contributed by atoms with van der Waals surface area (Å²) in [5, 5.41) is 11.2. The average Bonchev–Trinajstić information content (AvgIpc) is 3.03. The largest absolute Gasteiger partial charge is 0.307 e. The summed E-state index contributed by atoms with van der Waals surface area (Å²) in [5.41, 5.74) is 1.73. The lowest BCUT2D eigenvalue weighted by Crippen LogP contribution is -2.08. The Labute approximate surface area is 143 Å². The molecule has 0 bridgehead atoms. The number of hydrogen-bond donors (Lipinski definition) is 1. The average molecular weight is 340 g/mol. The maximum absolute atomic E-state index is 11.8. The van der Waals surface area contributed by atoms with Crippen molar-refractivity contribution in [3.05, 3.63) is 77.2 Å². The van der Waals surface area contributed by atoms with Crippen molar-refractivity contribution >= 4 is 29.4 Å². The second kappa shape index (κ2) is 7.52. The van der Waals surface area contributed by atoms with Crippen LogP contribution in [0.1, 0.15) is 11.3 Å². The monoisotopic (exact) mass is 339 g/mol. The summed E-state index contributed by atoms with van der Waals surface area (Å²) in [6.45, 7) is 0.628. The van der Waals surface area contributed by atoms with Gasteiger partial charge < -0.3 is 5.32 Å². The van der Waals surface area contributed by atoms with E-state index in [1.807, 2.05) is 30.3 Å². The van der Waals surface area contributed by atoms with Crippen LogP contribution in [-0.2, 0) is 11.3 Å². The van der Waals surface area contributed by atoms with E-state index in [0.29, 0.717) is 23.1 Å². The number of halogens is 1. The number of nitrogens with zero attached hydrogens (tertiary/aromatic N) is 4. The van der Waals surface area contributed by atoms with Crippen LogP contribution >= 0.6 is 11.6 Å². The molecule has 3 rings (SSSR count). The van der Waals surface area contributed by atoms with Gasteiger partial charge in [-0.1, -0.05) is 47.1 Å². The smallest absolute Gasteiger partial charge is 0.249 e. The molecule has 3 aromatic rings. The molecule has 0 unspecified atom stereocenters. The summed E-state index contributed by atoms with van der Waals surface area (Å²) in [6.07, 6.45) is 6.22. The number of amides is 1. The van der Waals surface area contributed by atoms with E-state index in [-0.39, 0.29) is 5.91 Å². The van der Waals surface area contributed by atoms with Crippen molar-refractivity contribution in [3.63, 3.8) is 0 Å². The molecule has 0 aliphatic rings. The van der Waals surface area contributed by atoms with Crippen LogP contribution in [0.5, 0.6) is 0 Å². The van der Waals surface area contributed by atoms with Crippen molar-refractivity contribution in [2.45, 2.75) is 6.54 Å². The number of carbonyl (C=O) groups excluding carboxylic acids is 1. The summed E-state index contributed by atoms with van der Waals surface area (Å²) >= 11 is 5.74. The molecule has 0 aliphatic heterocycles. The fraction of sp³-hybridized carbons (Fsp3) is 0.0588. The number of pyridine rings is 1. The van der Waals surface area contributed by atoms with Gasteiger partial charge in [0.2, 0.25) is 5.91 Å². The van der Waals surface area contributed by atoms with Gasteiger partial charge in [0, 0.05) is 12.3 Å². The number of carbonyl (C=O) groups is 1. The molecule has 2 heterocycles. The minimum absolute atomic E-state index is 0.303. The Bertz CT molecular complexity index is 843. The molecule has 7 heteroatoms. The fourth-order valence-electron chi connectivity index (χ4n) is 2.02. The van der Waals surface area contributed by atoms with Gasteiger partial charge in [-0.05, 0) is 23.8 Å². The minimum Gasteiger partial charge on any atom is -0.307 e. The maximum Gasteiger partial charge on any atom is 0.249 e. The normalized spacial score (nSPS) is 10.9. The molecule has 120 valence electrons.